The van der Waals surface area contributed by atoms with Crippen LogP contribution in [-0.4, -0.2) is 0 Å². The Morgan fingerprint density at radius 3 is 1.91 bits per heavy atom. The summed E-state index contributed by atoms with van der Waals surface area (Å²) in [6.07, 6.45) is 16.9. The van der Waals surface area contributed by atoms with Crippen LogP contribution in [0.15, 0.2) is 0 Å². The molecule has 4 unspecified atom stereocenters. The average Bonchev–Trinajstić information content (AvgIpc) is 2.53. The molecule has 0 aromatic heterocycles. The molecule has 0 aliphatic heterocycles. The lowest BCUT2D eigenvalue weighted by molar-refractivity contribution is 0.0579. The minimum Gasteiger partial charge on any atom is -0.0620 e. The van der Waals surface area contributed by atoms with Crippen LogP contribution < -0.4 is 0 Å². The molecule has 0 bridgehead atoms. The summed E-state index contributed by atoms with van der Waals surface area (Å²) in [6.45, 7) is 9.97. The van der Waals surface area contributed by atoms with Crippen molar-refractivity contribution in [2.45, 2.75) is 98.3 Å². The zero-order chi connectivity index (χ0) is 15.7. The second-order valence-electron chi connectivity index (χ2n) is 10.2. The highest BCUT2D eigenvalue weighted by atomic mass is 14.4. The van der Waals surface area contributed by atoms with Gasteiger partial charge in [-0.2, -0.15) is 0 Å². The van der Waals surface area contributed by atoms with Crippen molar-refractivity contribution < 1.29 is 0 Å². The summed E-state index contributed by atoms with van der Waals surface area (Å²) in [7, 11) is 0. The Hall–Kier alpha value is 0. The molecule has 0 nitrogen and oxygen atoms in total. The van der Waals surface area contributed by atoms with E-state index in [0.29, 0.717) is 5.41 Å². The molecule has 0 saturated heterocycles. The summed E-state index contributed by atoms with van der Waals surface area (Å²) in [5.74, 6) is 6.32. The molecule has 0 heterocycles. The van der Waals surface area contributed by atoms with Crippen LogP contribution in [0.2, 0.25) is 0 Å². The topological polar surface area (TPSA) is 0 Å². The second kappa shape index (κ2) is 6.86. The van der Waals surface area contributed by atoms with Gasteiger partial charge < -0.3 is 0 Å². The number of hydrogen-bond acceptors (Lipinski definition) is 0. The first kappa shape index (κ1) is 16.8. The van der Waals surface area contributed by atoms with Crippen LogP contribution in [0.25, 0.3) is 0 Å². The maximum Gasteiger partial charge on any atom is -0.0354 e. The molecule has 0 spiro atoms. The lowest BCUT2D eigenvalue weighted by atomic mass is 9.61. The number of rotatable bonds is 2. The van der Waals surface area contributed by atoms with Crippen molar-refractivity contribution in [2.75, 3.05) is 0 Å². The minimum atomic E-state index is 0.536. The Bertz CT molecular complexity index is 342. The standard InChI is InChI=1S/C22H40/c1-16(17-11-13-21(14-12-17)22(2,3)4)19-10-9-18-7-5-6-8-20(18)15-19/h16-21H,5-15H2,1-4H3. The molecule has 0 aromatic rings. The highest BCUT2D eigenvalue weighted by molar-refractivity contribution is 4.89. The summed E-state index contributed by atoms with van der Waals surface area (Å²) < 4.78 is 0. The first-order valence-electron chi connectivity index (χ1n) is 10.4. The van der Waals surface area contributed by atoms with Gasteiger partial charge in [0, 0.05) is 0 Å². The molecule has 4 atom stereocenters. The Kier molecular flexibility index (Phi) is 5.25. The fraction of sp³-hybridized carbons (Fsp3) is 1.00. The van der Waals surface area contributed by atoms with E-state index in [9.17, 15) is 0 Å². The van der Waals surface area contributed by atoms with E-state index in [1.165, 1.54) is 38.5 Å². The quantitative estimate of drug-likeness (QED) is 0.511. The summed E-state index contributed by atoms with van der Waals surface area (Å²) >= 11 is 0. The van der Waals surface area contributed by atoms with Gasteiger partial charge in [0.2, 0.25) is 0 Å². The van der Waals surface area contributed by atoms with Gasteiger partial charge in [0.15, 0.2) is 0 Å². The SMILES string of the molecule is CC(C1CCC(C(C)(C)C)CC1)C1CCC2CCCCC2C1. The number of hydrogen-bond donors (Lipinski definition) is 0. The van der Waals surface area contributed by atoms with E-state index in [1.807, 2.05) is 0 Å². The third kappa shape index (κ3) is 3.73. The van der Waals surface area contributed by atoms with Crippen LogP contribution in [-0.2, 0) is 0 Å². The minimum absolute atomic E-state index is 0.536. The van der Waals surface area contributed by atoms with E-state index in [0.717, 1.165) is 35.5 Å². The van der Waals surface area contributed by atoms with Crippen molar-refractivity contribution in [3.05, 3.63) is 0 Å². The molecule has 3 aliphatic rings. The Morgan fingerprint density at radius 1 is 0.682 bits per heavy atom. The van der Waals surface area contributed by atoms with Gasteiger partial charge in [-0.3, -0.25) is 0 Å². The van der Waals surface area contributed by atoms with Crippen molar-refractivity contribution in [3.8, 4) is 0 Å². The van der Waals surface area contributed by atoms with E-state index >= 15 is 0 Å². The third-order valence-corrected chi connectivity index (χ3v) is 8.06. The summed E-state index contributed by atoms with van der Waals surface area (Å²) in [5.41, 5.74) is 0.536. The van der Waals surface area contributed by atoms with E-state index < -0.39 is 0 Å². The Balaban J connectivity index is 1.51. The summed E-state index contributed by atoms with van der Waals surface area (Å²) in [6, 6.07) is 0. The first-order valence-corrected chi connectivity index (χ1v) is 10.4. The van der Waals surface area contributed by atoms with Gasteiger partial charge in [-0.15, -0.1) is 0 Å². The van der Waals surface area contributed by atoms with Gasteiger partial charge in [0.1, 0.15) is 0 Å². The second-order valence-corrected chi connectivity index (χ2v) is 10.2. The molecule has 3 rings (SSSR count). The Morgan fingerprint density at radius 2 is 1.27 bits per heavy atom. The Labute approximate surface area is 139 Å². The smallest absolute Gasteiger partial charge is 0.0354 e. The largest absolute Gasteiger partial charge is 0.0620 e. The summed E-state index contributed by atoms with van der Waals surface area (Å²) in [5, 5.41) is 0. The van der Waals surface area contributed by atoms with Crippen LogP contribution in [0, 0.1) is 40.9 Å². The normalized spacial score (nSPS) is 41.7. The van der Waals surface area contributed by atoms with Crippen molar-refractivity contribution >= 4 is 0 Å². The van der Waals surface area contributed by atoms with Crippen LogP contribution in [0.5, 0.6) is 0 Å². The fourth-order valence-electron chi connectivity index (χ4n) is 6.28. The molecule has 22 heavy (non-hydrogen) atoms. The predicted molar refractivity (Wildman–Crippen MR) is 96.9 cm³/mol. The molecule has 0 N–H and O–H groups in total. The highest BCUT2D eigenvalue weighted by Crippen LogP contribution is 2.49. The van der Waals surface area contributed by atoms with Crippen molar-refractivity contribution in [1.82, 2.24) is 0 Å². The van der Waals surface area contributed by atoms with Gasteiger partial charge in [0.05, 0.1) is 0 Å². The average molecular weight is 305 g/mol. The maximum atomic E-state index is 2.62. The van der Waals surface area contributed by atoms with Gasteiger partial charge in [0.25, 0.3) is 0 Å². The molecule has 3 fully saturated rings. The molecule has 0 amide bonds. The van der Waals surface area contributed by atoms with Crippen molar-refractivity contribution in [2.24, 2.45) is 40.9 Å². The molecular weight excluding hydrogens is 264 g/mol. The predicted octanol–water partition coefficient (Wildman–Crippen LogP) is 7.08. The molecule has 3 saturated carbocycles. The van der Waals surface area contributed by atoms with Gasteiger partial charge in [-0.25, -0.2) is 0 Å². The lowest BCUT2D eigenvalue weighted by Crippen LogP contribution is -2.34. The van der Waals surface area contributed by atoms with Crippen molar-refractivity contribution in [1.29, 1.82) is 0 Å². The summed E-state index contributed by atoms with van der Waals surface area (Å²) in [4.78, 5) is 0. The molecular formula is C22H40. The van der Waals surface area contributed by atoms with E-state index in [2.05, 4.69) is 27.7 Å². The molecule has 128 valence electrons. The number of fused-ring (bicyclic) bond motifs is 1. The van der Waals surface area contributed by atoms with Crippen molar-refractivity contribution in [3.63, 3.8) is 0 Å². The van der Waals surface area contributed by atoms with Crippen LogP contribution in [0.4, 0.5) is 0 Å². The monoisotopic (exact) mass is 304 g/mol. The molecule has 0 heteroatoms. The van der Waals surface area contributed by atoms with Crippen LogP contribution in [0.3, 0.4) is 0 Å². The lowest BCUT2D eigenvalue weighted by Gasteiger charge is -2.45. The van der Waals surface area contributed by atoms with Crippen LogP contribution in [0.1, 0.15) is 98.3 Å². The van der Waals surface area contributed by atoms with Gasteiger partial charge >= 0.3 is 0 Å². The third-order valence-electron chi connectivity index (χ3n) is 8.06. The van der Waals surface area contributed by atoms with E-state index in [-0.39, 0.29) is 0 Å². The van der Waals surface area contributed by atoms with Gasteiger partial charge in [-0.05, 0) is 85.9 Å². The van der Waals surface area contributed by atoms with E-state index in [4.69, 9.17) is 0 Å². The highest BCUT2D eigenvalue weighted by Gasteiger charge is 2.38. The molecule has 0 aromatic carbocycles. The van der Waals surface area contributed by atoms with E-state index in [1.54, 1.807) is 32.1 Å². The maximum absolute atomic E-state index is 2.62. The zero-order valence-electron chi connectivity index (χ0n) is 15.7. The first-order chi connectivity index (χ1) is 10.4. The molecule has 0 radical (unpaired) electrons. The van der Waals surface area contributed by atoms with Gasteiger partial charge in [-0.1, -0.05) is 53.4 Å². The molecule has 3 aliphatic carbocycles. The van der Waals surface area contributed by atoms with Crippen LogP contribution >= 0.6 is 0 Å². The zero-order valence-corrected chi connectivity index (χ0v) is 15.7. The fourth-order valence-corrected chi connectivity index (χ4v) is 6.28.